The lowest BCUT2D eigenvalue weighted by Crippen LogP contribution is -2.41. The van der Waals surface area contributed by atoms with Crippen LogP contribution in [0.4, 0.5) is 11.4 Å². The second-order valence-electron chi connectivity index (χ2n) is 8.22. The van der Waals surface area contributed by atoms with Crippen molar-refractivity contribution in [1.82, 2.24) is 4.90 Å². The van der Waals surface area contributed by atoms with Crippen LogP contribution in [-0.4, -0.2) is 35.8 Å². The summed E-state index contributed by atoms with van der Waals surface area (Å²) in [5.41, 5.74) is 2.42. The van der Waals surface area contributed by atoms with Crippen LogP contribution in [0.5, 0.6) is 5.75 Å². The van der Waals surface area contributed by atoms with E-state index < -0.39 is 11.5 Å². The van der Waals surface area contributed by atoms with Gasteiger partial charge in [-0.05, 0) is 50.1 Å². The monoisotopic (exact) mass is 407 g/mol. The van der Waals surface area contributed by atoms with E-state index >= 15 is 0 Å². The summed E-state index contributed by atoms with van der Waals surface area (Å²) in [5.74, 6) is 0.344. The third-order valence-electron chi connectivity index (χ3n) is 5.94. The topological polar surface area (TPSA) is 87.7 Å². The minimum atomic E-state index is -0.657. The molecule has 1 atom stereocenters. The highest BCUT2D eigenvalue weighted by Crippen LogP contribution is 2.38. The summed E-state index contributed by atoms with van der Waals surface area (Å²) in [6.07, 6.45) is 0.805. The number of anilines is 2. The van der Waals surface area contributed by atoms with E-state index in [-0.39, 0.29) is 17.7 Å². The zero-order valence-electron chi connectivity index (χ0n) is 17.3. The molecule has 0 spiro atoms. The molecule has 2 aliphatic rings. The molecule has 0 radical (unpaired) electrons. The van der Waals surface area contributed by atoms with Crippen LogP contribution in [0.25, 0.3) is 0 Å². The Morgan fingerprint density at radius 3 is 2.77 bits per heavy atom. The third kappa shape index (κ3) is 3.40. The normalized spacial score (nSPS) is 19.4. The number of rotatable bonds is 5. The number of para-hydroxylation sites is 1. The molecule has 156 valence electrons. The summed E-state index contributed by atoms with van der Waals surface area (Å²) < 4.78 is 5.38. The van der Waals surface area contributed by atoms with E-state index in [0.29, 0.717) is 30.8 Å². The maximum absolute atomic E-state index is 13.0. The number of methoxy groups -OCH3 is 1. The lowest BCUT2D eigenvalue weighted by Gasteiger charge is -2.25. The lowest BCUT2D eigenvalue weighted by molar-refractivity contribution is -0.133. The Morgan fingerprint density at radius 2 is 2.00 bits per heavy atom. The van der Waals surface area contributed by atoms with Crippen molar-refractivity contribution >= 4 is 29.1 Å². The molecule has 3 amide bonds. The van der Waals surface area contributed by atoms with Crippen LogP contribution < -0.4 is 15.4 Å². The van der Waals surface area contributed by atoms with E-state index in [1.54, 1.807) is 24.1 Å². The fraction of sp³-hybridized carbons (Fsp3) is 0.348. The predicted octanol–water partition coefficient (Wildman–Crippen LogP) is 3.05. The molecule has 1 saturated heterocycles. The summed E-state index contributed by atoms with van der Waals surface area (Å²) in [4.78, 5) is 39.3. The Bertz CT molecular complexity index is 1030. The number of ether oxygens (including phenoxy) is 1. The molecule has 2 aromatic rings. The maximum atomic E-state index is 13.0. The second-order valence-corrected chi connectivity index (χ2v) is 8.22. The number of fused-ring (bicyclic) bond motifs is 1. The largest absolute Gasteiger partial charge is 0.496 e. The quantitative estimate of drug-likeness (QED) is 0.797. The van der Waals surface area contributed by atoms with Gasteiger partial charge in [-0.1, -0.05) is 18.2 Å². The average molecular weight is 407 g/mol. The second kappa shape index (κ2) is 7.48. The summed E-state index contributed by atoms with van der Waals surface area (Å²) in [7, 11) is 1.59. The van der Waals surface area contributed by atoms with Gasteiger partial charge in [0.25, 0.3) is 0 Å². The van der Waals surface area contributed by atoms with E-state index in [1.165, 1.54) is 0 Å². The molecule has 1 fully saturated rings. The molecular weight excluding hydrogens is 382 g/mol. The summed E-state index contributed by atoms with van der Waals surface area (Å²) >= 11 is 0. The summed E-state index contributed by atoms with van der Waals surface area (Å²) in [6.45, 7) is 4.02. The van der Waals surface area contributed by atoms with E-state index in [1.807, 2.05) is 44.2 Å². The van der Waals surface area contributed by atoms with Crippen LogP contribution in [0, 0.1) is 0 Å². The molecule has 0 aromatic heterocycles. The summed E-state index contributed by atoms with van der Waals surface area (Å²) in [6, 6.07) is 12.3. The van der Waals surface area contributed by atoms with Crippen LogP contribution in [-0.2, 0) is 26.3 Å². The molecule has 7 nitrogen and oxygen atoms in total. The Labute approximate surface area is 175 Å². The number of carbonyl (C=O) groups is 3. The van der Waals surface area contributed by atoms with Gasteiger partial charge in [0.05, 0.1) is 19.1 Å². The van der Waals surface area contributed by atoms with Crippen molar-refractivity contribution in [3.63, 3.8) is 0 Å². The molecule has 0 saturated carbocycles. The van der Waals surface area contributed by atoms with Gasteiger partial charge < -0.3 is 20.3 Å². The van der Waals surface area contributed by atoms with Crippen LogP contribution in [0.15, 0.2) is 42.5 Å². The fourth-order valence-corrected chi connectivity index (χ4v) is 4.10. The zero-order valence-corrected chi connectivity index (χ0v) is 17.3. The maximum Gasteiger partial charge on any atom is 0.247 e. The SMILES string of the molecule is COc1ccccc1CN1C(=O)CC[C@@H]1C(=O)Nc1ccc2c(c1)C(C)(C)C(=O)N2. The summed E-state index contributed by atoms with van der Waals surface area (Å²) in [5, 5.41) is 5.79. The van der Waals surface area contributed by atoms with Gasteiger partial charge >= 0.3 is 0 Å². The van der Waals surface area contributed by atoms with Gasteiger partial charge in [-0.3, -0.25) is 14.4 Å². The molecule has 0 unspecified atom stereocenters. The Morgan fingerprint density at radius 1 is 1.23 bits per heavy atom. The van der Waals surface area contributed by atoms with Crippen molar-refractivity contribution < 1.29 is 19.1 Å². The predicted molar refractivity (Wildman–Crippen MR) is 113 cm³/mol. The fourth-order valence-electron chi connectivity index (χ4n) is 4.10. The van der Waals surface area contributed by atoms with E-state index in [9.17, 15) is 14.4 Å². The van der Waals surface area contributed by atoms with Crippen LogP contribution in [0.2, 0.25) is 0 Å². The van der Waals surface area contributed by atoms with Crippen molar-refractivity contribution in [2.24, 2.45) is 0 Å². The number of likely N-dealkylation sites (tertiary alicyclic amines) is 1. The standard InChI is InChI=1S/C23H25N3O4/c1-23(2)16-12-15(8-9-17(16)25-22(23)29)24-21(28)18-10-11-20(27)26(18)13-14-6-4-5-7-19(14)30-3/h4-9,12,18H,10-11,13H2,1-3H3,(H,24,28)(H,25,29)/t18-/m1/s1. The van der Waals surface area contributed by atoms with Crippen molar-refractivity contribution in [2.45, 2.75) is 44.7 Å². The van der Waals surface area contributed by atoms with Gasteiger partial charge in [0.1, 0.15) is 11.8 Å². The number of benzene rings is 2. The molecule has 2 heterocycles. The molecule has 2 aromatic carbocycles. The highest BCUT2D eigenvalue weighted by molar-refractivity contribution is 6.06. The third-order valence-corrected chi connectivity index (χ3v) is 5.94. The van der Waals surface area contributed by atoms with Crippen LogP contribution >= 0.6 is 0 Å². The van der Waals surface area contributed by atoms with Crippen molar-refractivity contribution in [1.29, 1.82) is 0 Å². The molecule has 30 heavy (non-hydrogen) atoms. The molecule has 2 N–H and O–H groups in total. The molecule has 0 bridgehead atoms. The average Bonchev–Trinajstić information content (AvgIpc) is 3.19. The van der Waals surface area contributed by atoms with Gasteiger partial charge in [-0.15, -0.1) is 0 Å². The first kappa shape index (κ1) is 19.9. The minimum Gasteiger partial charge on any atom is -0.496 e. The highest BCUT2D eigenvalue weighted by atomic mass is 16.5. The number of carbonyl (C=O) groups excluding carboxylic acids is 3. The minimum absolute atomic E-state index is 0.0501. The number of nitrogens with one attached hydrogen (secondary N) is 2. The number of hydrogen-bond donors (Lipinski definition) is 2. The number of hydrogen-bond acceptors (Lipinski definition) is 4. The number of amides is 3. The molecular formula is C23H25N3O4. The van der Waals surface area contributed by atoms with Gasteiger partial charge in [0.15, 0.2) is 0 Å². The van der Waals surface area contributed by atoms with E-state index in [4.69, 9.17) is 4.74 Å². The molecule has 7 heteroatoms. The lowest BCUT2D eigenvalue weighted by atomic mass is 9.86. The molecule has 2 aliphatic heterocycles. The van der Waals surface area contributed by atoms with Crippen molar-refractivity contribution in [3.8, 4) is 5.75 Å². The Balaban J connectivity index is 1.53. The van der Waals surface area contributed by atoms with E-state index in [0.717, 1.165) is 16.8 Å². The first-order valence-corrected chi connectivity index (χ1v) is 9.99. The van der Waals surface area contributed by atoms with Gasteiger partial charge in [0.2, 0.25) is 17.7 Å². The van der Waals surface area contributed by atoms with Gasteiger partial charge in [0, 0.05) is 23.4 Å². The van der Waals surface area contributed by atoms with Crippen molar-refractivity contribution in [2.75, 3.05) is 17.7 Å². The van der Waals surface area contributed by atoms with Gasteiger partial charge in [-0.25, -0.2) is 0 Å². The zero-order chi connectivity index (χ0) is 21.5. The smallest absolute Gasteiger partial charge is 0.247 e. The first-order valence-electron chi connectivity index (χ1n) is 9.99. The molecule has 4 rings (SSSR count). The highest BCUT2D eigenvalue weighted by Gasteiger charge is 2.39. The first-order chi connectivity index (χ1) is 14.3. The number of nitrogens with zero attached hydrogens (tertiary/aromatic N) is 1. The van der Waals surface area contributed by atoms with Crippen LogP contribution in [0.1, 0.15) is 37.8 Å². The van der Waals surface area contributed by atoms with Crippen LogP contribution in [0.3, 0.4) is 0 Å². The Kier molecular flexibility index (Phi) is 4.97. The molecule has 0 aliphatic carbocycles. The van der Waals surface area contributed by atoms with Gasteiger partial charge in [-0.2, -0.15) is 0 Å². The van der Waals surface area contributed by atoms with E-state index in [2.05, 4.69) is 10.6 Å². The van der Waals surface area contributed by atoms with Crippen molar-refractivity contribution in [3.05, 3.63) is 53.6 Å². The Hall–Kier alpha value is -3.35.